The number of nitriles is 2. The van der Waals surface area contributed by atoms with Crippen molar-refractivity contribution in [2.24, 2.45) is 5.92 Å². The van der Waals surface area contributed by atoms with Crippen molar-refractivity contribution in [1.82, 2.24) is 0 Å². The molecule has 1 unspecified atom stereocenters. The van der Waals surface area contributed by atoms with Gasteiger partial charge in [-0.15, -0.1) is 0 Å². The van der Waals surface area contributed by atoms with Crippen LogP contribution in [0.3, 0.4) is 0 Å². The van der Waals surface area contributed by atoms with Gasteiger partial charge in [0.15, 0.2) is 0 Å². The first-order valence-corrected chi connectivity index (χ1v) is 4.53. The van der Waals surface area contributed by atoms with Gasteiger partial charge in [-0.3, -0.25) is 0 Å². The summed E-state index contributed by atoms with van der Waals surface area (Å²) in [6.07, 6.45) is 2.45. The van der Waals surface area contributed by atoms with Crippen molar-refractivity contribution in [2.45, 2.75) is 12.8 Å². The zero-order valence-corrected chi connectivity index (χ0v) is 8.31. The minimum atomic E-state index is -0.777. The lowest BCUT2D eigenvalue weighted by Crippen LogP contribution is -1.97. The Kier molecular flexibility index (Phi) is 3.22. The second-order valence-electron chi connectivity index (χ2n) is 2.68. The fourth-order valence-electron chi connectivity index (χ4n) is 1.10. The lowest BCUT2D eigenvalue weighted by atomic mass is 10.0. The van der Waals surface area contributed by atoms with Crippen molar-refractivity contribution in [1.29, 1.82) is 10.5 Å². The second kappa shape index (κ2) is 4.20. The van der Waals surface area contributed by atoms with Gasteiger partial charge < -0.3 is 0 Å². The maximum Gasteiger partial charge on any atom is 0.135 e. The van der Waals surface area contributed by atoms with Gasteiger partial charge in [0.25, 0.3) is 0 Å². The van der Waals surface area contributed by atoms with Crippen molar-refractivity contribution in [2.75, 3.05) is 0 Å². The Balaban J connectivity index is 3.11. The fraction of sp³-hybridized carbons (Fsp3) is 0.333. The van der Waals surface area contributed by atoms with E-state index in [2.05, 4.69) is 15.9 Å². The first-order valence-electron chi connectivity index (χ1n) is 3.74. The molecule has 0 heterocycles. The molecule has 0 amide bonds. The molecule has 4 heteroatoms. The molecule has 66 valence electrons. The molecule has 0 aromatic rings. The Morgan fingerprint density at radius 1 is 1.54 bits per heavy atom. The fourth-order valence-corrected chi connectivity index (χ4v) is 1.56. The molecule has 0 bridgehead atoms. The van der Waals surface area contributed by atoms with E-state index >= 15 is 0 Å². The average Bonchev–Trinajstić information content (AvgIpc) is 2.26. The van der Waals surface area contributed by atoms with E-state index in [0.717, 1.165) is 4.48 Å². The Bertz CT molecular complexity index is 357. The molecule has 0 saturated heterocycles. The van der Waals surface area contributed by atoms with E-state index in [0.29, 0.717) is 12.8 Å². The average molecular weight is 241 g/mol. The quantitative estimate of drug-likeness (QED) is 0.654. The van der Waals surface area contributed by atoms with Crippen LogP contribution >= 0.6 is 15.9 Å². The predicted molar refractivity (Wildman–Crippen MR) is 49.1 cm³/mol. The van der Waals surface area contributed by atoms with Crippen LogP contribution in [0, 0.1) is 28.6 Å². The Hall–Kier alpha value is -1.13. The van der Waals surface area contributed by atoms with Crippen molar-refractivity contribution < 1.29 is 4.39 Å². The van der Waals surface area contributed by atoms with Crippen LogP contribution in [-0.2, 0) is 0 Å². The summed E-state index contributed by atoms with van der Waals surface area (Å²) >= 11 is 3.20. The van der Waals surface area contributed by atoms with Crippen LogP contribution in [0.1, 0.15) is 12.8 Å². The molecule has 1 rings (SSSR count). The molecule has 13 heavy (non-hydrogen) atoms. The summed E-state index contributed by atoms with van der Waals surface area (Å²) in [6.45, 7) is 0. The molecule has 0 fully saturated rings. The van der Waals surface area contributed by atoms with Gasteiger partial charge in [-0.1, -0.05) is 15.9 Å². The highest BCUT2D eigenvalue weighted by Crippen LogP contribution is 2.30. The molecule has 0 aromatic heterocycles. The van der Waals surface area contributed by atoms with Gasteiger partial charge in [0.05, 0.1) is 17.6 Å². The van der Waals surface area contributed by atoms with Crippen LogP contribution < -0.4 is 0 Å². The SMILES string of the molecule is N#CC1=C(F)C(C#N)CCC(Br)=C1. The highest BCUT2D eigenvalue weighted by Gasteiger charge is 2.20. The van der Waals surface area contributed by atoms with Crippen LogP contribution in [0.2, 0.25) is 0 Å². The summed E-state index contributed by atoms with van der Waals surface area (Å²) in [6, 6.07) is 3.58. The molecule has 1 aliphatic rings. The van der Waals surface area contributed by atoms with Crippen LogP contribution in [0.15, 0.2) is 22.0 Å². The van der Waals surface area contributed by atoms with Gasteiger partial charge in [-0.25, -0.2) is 4.39 Å². The van der Waals surface area contributed by atoms with Crippen molar-refractivity contribution in [3.63, 3.8) is 0 Å². The highest BCUT2D eigenvalue weighted by atomic mass is 79.9. The maximum atomic E-state index is 13.3. The number of nitrogens with zero attached hydrogens (tertiary/aromatic N) is 2. The van der Waals surface area contributed by atoms with Crippen molar-refractivity contribution in [3.8, 4) is 12.1 Å². The summed E-state index contributed by atoms with van der Waals surface area (Å²) in [4.78, 5) is 0. The molecular weight excluding hydrogens is 235 g/mol. The monoisotopic (exact) mass is 240 g/mol. The second-order valence-corrected chi connectivity index (χ2v) is 3.70. The molecule has 0 aromatic carbocycles. The zero-order valence-electron chi connectivity index (χ0n) is 6.72. The molecule has 1 atom stereocenters. The molecule has 0 saturated carbocycles. The Labute approximate surface area is 84.1 Å². The number of halogens is 2. The van der Waals surface area contributed by atoms with Gasteiger partial charge >= 0.3 is 0 Å². The van der Waals surface area contributed by atoms with Gasteiger partial charge in [-0.2, -0.15) is 10.5 Å². The minimum Gasteiger partial charge on any atom is -0.209 e. The van der Waals surface area contributed by atoms with Crippen molar-refractivity contribution >= 4 is 15.9 Å². The van der Waals surface area contributed by atoms with E-state index in [1.807, 2.05) is 6.07 Å². The summed E-state index contributed by atoms with van der Waals surface area (Å²) in [5, 5.41) is 17.2. The topological polar surface area (TPSA) is 47.6 Å². The first-order chi connectivity index (χ1) is 6.19. The molecule has 2 nitrogen and oxygen atoms in total. The predicted octanol–water partition coefficient (Wildman–Crippen LogP) is 2.95. The Morgan fingerprint density at radius 3 is 2.77 bits per heavy atom. The summed E-state index contributed by atoms with van der Waals surface area (Å²) in [7, 11) is 0. The normalized spacial score (nSPS) is 22.8. The van der Waals surface area contributed by atoms with Crippen LogP contribution in [0.5, 0.6) is 0 Å². The standard InChI is InChI=1S/C9H6BrFN2/c10-8-2-1-6(4-12)9(11)7(3-8)5-13/h3,6H,1-2H2. The molecule has 1 aliphatic carbocycles. The Morgan fingerprint density at radius 2 is 2.23 bits per heavy atom. The van der Waals surface area contributed by atoms with Gasteiger partial charge in [0.2, 0.25) is 0 Å². The summed E-state index contributed by atoms with van der Waals surface area (Å²) in [5.41, 5.74) is -0.0454. The first kappa shape index (κ1) is 9.95. The third-order valence-electron chi connectivity index (χ3n) is 1.81. The van der Waals surface area contributed by atoms with E-state index < -0.39 is 11.7 Å². The number of rotatable bonds is 0. The number of hydrogen-bond acceptors (Lipinski definition) is 2. The molecular formula is C9H6BrFN2. The van der Waals surface area contributed by atoms with Crippen LogP contribution in [0.4, 0.5) is 4.39 Å². The number of allylic oxidation sites excluding steroid dienone is 4. The molecule has 0 N–H and O–H groups in total. The maximum absolute atomic E-state index is 13.3. The third-order valence-corrected chi connectivity index (χ3v) is 2.44. The van der Waals surface area contributed by atoms with Crippen molar-refractivity contribution in [3.05, 3.63) is 22.0 Å². The lowest BCUT2D eigenvalue weighted by molar-refractivity contribution is 0.511. The van der Waals surface area contributed by atoms with E-state index in [9.17, 15) is 4.39 Å². The minimum absolute atomic E-state index is 0.0454. The smallest absolute Gasteiger partial charge is 0.135 e. The molecule has 0 spiro atoms. The highest BCUT2D eigenvalue weighted by molar-refractivity contribution is 9.11. The number of hydrogen-bond donors (Lipinski definition) is 0. The zero-order chi connectivity index (χ0) is 9.84. The summed E-state index contributed by atoms with van der Waals surface area (Å²) in [5.74, 6) is -1.39. The molecule has 0 radical (unpaired) electrons. The third kappa shape index (κ3) is 2.17. The largest absolute Gasteiger partial charge is 0.209 e. The lowest BCUT2D eigenvalue weighted by Gasteiger charge is -2.02. The summed E-state index contributed by atoms with van der Waals surface area (Å²) < 4.78 is 14.1. The van der Waals surface area contributed by atoms with Gasteiger partial charge in [-0.05, 0) is 23.4 Å². The van der Waals surface area contributed by atoms with E-state index in [4.69, 9.17) is 10.5 Å². The molecule has 0 aliphatic heterocycles. The van der Waals surface area contributed by atoms with Crippen LogP contribution in [0.25, 0.3) is 0 Å². The van der Waals surface area contributed by atoms with Crippen LogP contribution in [-0.4, -0.2) is 0 Å². The van der Waals surface area contributed by atoms with E-state index in [1.54, 1.807) is 6.07 Å². The van der Waals surface area contributed by atoms with Gasteiger partial charge in [0.1, 0.15) is 11.9 Å². The van der Waals surface area contributed by atoms with E-state index in [1.165, 1.54) is 6.08 Å². The van der Waals surface area contributed by atoms with E-state index in [-0.39, 0.29) is 5.57 Å². The van der Waals surface area contributed by atoms with Gasteiger partial charge in [0, 0.05) is 0 Å².